The van der Waals surface area contributed by atoms with Crippen molar-refractivity contribution in [2.75, 3.05) is 0 Å². The summed E-state index contributed by atoms with van der Waals surface area (Å²) < 4.78 is 7.25. The van der Waals surface area contributed by atoms with E-state index in [2.05, 4.69) is 29.8 Å². The molecule has 136 valence electrons. The maximum atomic E-state index is 12.2. The van der Waals surface area contributed by atoms with Crippen LogP contribution in [0.3, 0.4) is 0 Å². The largest absolute Gasteiger partial charge is 0.466 e. The van der Waals surface area contributed by atoms with Gasteiger partial charge in [0.2, 0.25) is 5.91 Å². The lowest BCUT2D eigenvalue weighted by Gasteiger charge is -2.09. The molecular formula is C18H26N4O3. The second-order valence-electron chi connectivity index (χ2n) is 6.73. The molecule has 0 aromatic carbocycles. The van der Waals surface area contributed by atoms with Crippen LogP contribution in [0.4, 0.5) is 0 Å². The van der Waals surface area contributed by atoms with Crippen LogP contribution in [-0.4, -0.2) is 21.6 Å². The molecular weight excluding hydrogens is 320 g/mol. The Balaban J connectivity index is 1.98. The molecule has 0 spiro atoms. The standard InChI is InChI=1S/C18H26N4O3/c1-10(2)9-22-13(5)15(12(4)21-22)8-17(23)19-20-18(24)16-7-11(3)25-14(16)6/h7,10H,8-9H2,1-6H3,(H,19,23)(H,20,24). The number of hydrogen-bond donors (Lipinski definition) is 2. The molecule has 2 N–H and O–H groups in total. The molecule has 2 amide bonds. The average molecular weight is 346 g/mol. The van der Waals surface area contributed by atoms with Gasteiger partial charge in [-0.25, -0.2) is 0 Å². The van der Waals surface area contributed by atoms with Crippen LogP contribution in [0.25, 0.3) is 0 Å². The molecule has 0 radical (unpaired) electrons. The monoisotopic (exact) mass is 346 g/mol. The fourth-order valence-electron chi connectivity index (χ4n) is 2.77. The van der Waals surface area contributed by atoms with Crippen molar-refractivity contribution in [1.82, 2.24) is 20.6 Å². The lowest BCUT2D eigenvalue weighted by molar-refractivity contribution is -0.121. The second kappa shape index (κ2) is 7.55. The minimum atomic E-state index is -0.397. The van der Waals surface area contributed by atoms with Crippen molar-refractivity contribution in [2.45, 2.75) is 54.5 Å². The SMILES string of the molecule is Cc1cc(C(=O)NNC(=O)Cc2c(C)nn(CC(C)C)c2C)c(C)o1. The fraction of sp³-hybridized carbons (Fsp3) is 0.500. The predicted molar refractivity (Wildman–Crippen MR) is 94.0 cm³/mol. The van der Waals surface area contributed by atoms with Gasteiger partial charge in [-0.2, -0.15) is 5.10 Å². The van der Waals surface area contributed by atoms with Gasteiger partial charge < -0.3 is 4.42 Å². The van der Waals surface area contributed by atoms with Crippen LogP contribution in [-0.2, 0) is 17.8 Å². The molecule has 2 aromatic rings. The highest BCUT2D eigenvalue weighted by Crippen LogP contribution is 2.15. The van der Waals surface area contributed by atoms with E-state index in [1.165, 1.54) is 0 Å². The van der Waals surface area contributed by atoms with Crippen molar-refractivity contribution in [1.29, 1.82) is 0 Å². The molecule has 2 aromatic heterocycles. The van der Waals surface area contributed by atoms with Gasteiger partial charge in [-0.1, -0.05) is 13.8 Å². The molecule has 25 heavy (non-hydrogen) atoms. The summed E-state index contributed by atoms with van der Waals surface area (Å²) in [6, 6.07) is 1.64. The van der Waals surface area contributed by atoms with Crippen molar-refractivity contribution in [3.63, 3.8) is 0 Å². The Morgan fingerprint density at radius 3 is 2.44 bits per heavy atom. The van der Waals surface area contributed by atoms with Gasteiger partial charge in [0, 0.05) is 17.8 Å². The highest BCUT2D eigenvalue weighted by atomic mass is 16.3. The van der Waals surface area contributed by atoms with Crippen molar-refractivity contribution in [2.24, 2.45) is 5.92 Å². The van der Waals surface area contributed by atoms with E-state index in [9.17, 15) is 9.59 Å². The van der Waals surface area contributed by atoms with E-state index in [0.29, 0.717) is 23.0 Å². The topological polar surface area (TPSA) is 89.2 Å². The van der Waals surface area contributed by atoms with Gasteiger partial charge in [0.1, 0.15) is 11.5 Å². The van der Waals surface area contributed by atoms with Gasteiger partial charge in [0.15, 0.2) is 0 Å². The number of nitrogens with one attached hydrogen (secondary N) is 2. The first-order chi connectivity index (χ1) is 11.7. The number of nitrogens with zero attached hydrogens (tertiary/aromatic N) is 2. The zero-order valence-corrected chi connectivity index (χ0v) is 15.7. The van der Waals surface area contributed by atoms with Gasteiger partial charge in [-0.15, -0.1) is 0 Å². The third-order valence-corrected chi connectivity index (χ3v) is 4.01. The van der Waals surface area contributed by atoms with E-state index in [4.69, 9.17) is 4.42 Å². The predicted octanol–water partition coefficient (Wildman–Crippen LogP) is 2.37. The fourth-order valence-corrected chi connectivity index (χ4v) is 2.77. The van der Waals surface area contributed by atoms with Gasteiger partial charge in [0.25, 0.3) is 5.91 Å². The van der Waals surface area contributed by atoms with Crippen molar-refractivity contribution in [3.05, 3.63) is 40.1 Å². The van der Waals surface area contributed by atoms with Crippen molar-refractivity contribution >= 4 is 11.8 Å². The van der Waals surface area contributed by atoms with Crippen molar-refractivity contribution < 1.29 is 14.0 Å². The van der Waals surface area contributed by atoms with Crippen LogP contribution in [0.1, 0.15) is 52.7 Å². The average Bonchev–Trinajstić information content (AvgIpc) is 2.98. The minimum Gasteiger partial charge on any atom is -0.466 e. The normalized spacial score (nSPS) is 11.0. The highest BCUT2D eigenvalue weighted by molar-refractivity contribution is 5.96. The Morgan fingerprint density at radius 2 is 1.88 bits per heavy atom. The van der Waals surface area contributed by atoms with E-state index in [1.54, 1.807) is 19.9 Å². The number of carbonyl (C=O) groups is 2. The third kappa shape index (κ3) is 4.49. The molecule has 2 rings (SSSR count). The minimum absolute atomic E-state index is 0.166. The molecule has 0 unspecified atom stereocenters. The summed E-state index contributed by atoms with van der Waals surface area (Å²) in [5.41, 5.74) is 8.00. The summed E-state index contributed by atoms with van der Waals surface area (Å²) >= 11 is 0. The number of rotatable bonds is 5. The lowest BCUT2D eigenvalue weighted by Crippen LogP contribution is -2.42. The number of aryl methyl sites for hydroxylation is 3. The molecule has 7 heteroatoms. The summed E-state index contributed by atoms with van der Waals surface area (Å²) in [6.45, 7) is 12.4. The first-order valence-corrected chi connectivity index (χ1v) is 8.38. The zero-order valence-electron chi connectivity index (χ0n) is 15.7. The molecule has 0 aliphatic heterocycles. The molecule has 0 bridgehead atoms. The molecule has 0 saturated carbocycles. The van der Waals surface area contributed by atoms with Crippen LogP contribution in [0.2, 0.25) is 0 Å². The van der Waals surface area contributed by atoms with Crippen LogP contribution in [0, 0.1) is 33.6 Å². The van der Waals surface area contributed by atoms with Gasteiger partial charge in [-0.3, -0.25) is 25.1 Å². The maximum absolute atomic E-state index is 12.2. The first kappa shape index (κ1) is 18.8. The number of amides is 2. The second-order valence-corrected chi connectivity index (χ2v) is 6.73. The van der Waals surface area contributed by atoms with E-state index in [1.807, 2.05) is 18.5 Å². The summed E-state index contributed by atoms with van der Waals surface area (Å²) in [6.07, 6.45) is 0.166. The number of hydrazine groups is 1. The number of carbonyl (C=O) groups excluding carboxylic acids is 2. The zero-order chi connectivity index (χ0) is 18.7. The molecule has 7 nitrogen and oxygen atoms in total. The third-order valence-electron chi connectivity index (χ3n) is 4.01. The molecule has 0 saturated heterocycles. The lowest BCUT2D eigenvalue weighted by atomic mass is 10.1. The first-order valence-electron chi connectivity index (χ1n) is 8.38. The van der Waals surface area contributed by atoms with Crippen molar-refractivity contribution in [3.8, 4) is 0 Å². The number of aromatic nitrogens is 2. The Kier molecular flexibility index (Phi) is 5.66. The van der Waals surface area contributed by atoms with Gasteiger partial charge >= 0.3 is 0 Å². The van der Waals surface area contributed by atoms with Gasteiger partial charge in [-0.05, 0) is 39.7 Å². The molecule has 0 aliphatic carbocycles. The highest BCUT2D eigenvalue weighted by Gasteiger charge is 2.17. The summed E-state index contributed by atoms with van der Waals surface area (Å²) in [4.78, 5) is 24.3. The smallest absolute Gasteiger partial charge is 0.273 e. The Labute approximate surface area is 147 Å². The van der Waals surface area contributed by atoms with E-state index < -0.39 is 5.91 Å². The summed E-state index contributed by atoms with van der Waals surface area (Å²) in [7, 11) is 0. The van der Waals surface area contributed by atoms with Crippen LogP contribution >= 0.6 is 0 Å². The van der Waals surface area contributed by atoms with Gasteiger partial charge in [0.05, 0.1) is 17.7 Å². The van der Waals surface area contributed by atoms with Crippen LogP contribution in [0.15, 0.2) is 10.5 Å². The molecule has 2 heterocycles. The molecule has 0 fully saturated rings. The Hall–Kier alpha value is -2.57. The molecule has 0 aliphatic rings. The Bertz CT molecular complexity index is 787. The number of furan rings is 1. The van der Waals surface area contributed by atoms with Crippen LogP contribution in [0.5, 0.6) is 0 Å². The summed E-state index contributed by atoms with van der Waals surface area (Å²) in [5.74, 6) is 0.956. The van der Waals surface area contributed by atoms with Crippen LogP contribution < -0.4 is 10.9 Å². The van der Waals surface area contributed by atoms with E-state index in [0.717, 1.165) is 23.5 Å². The molecule has 0 atom stereocenters. The number of hydrogen-bond acceptors (Lipinski definition) is 4. The summed E-state index contributed by atoms with van der Waals surface area (Å²) in [5, 5.41) is 4.50. The quantitative estimate of drug-likeness (QED) is 0.814. The maximum Gasteiger partial charge on any atom is 0.273 e. The Morgan fingerprint density at radius 1 is 1.20 bits per heavy atom. The van der Waals surface area contributed by atoms with E-state index >= 15 is 0 Å². The van der Waals surface area contributed by atoms with E-state index in [-0.39, 0.29) is 12.3 Å².